The molecule has 1 fully saturated rings. The van der Waals surface area contributed by atoms with Gasteiger partial charge in [-0.15, -0.1) is 0 Å². The van der Waals surface area contributed by atoms with E-state index >= 15 is 0 Å². The number of amides is 1. The zero-order valence-corrected chi connectivity index (χ0v) is 17.8. The summed E-state index contributed by atoms with van der Waals surface area (Å²) in [5.41, 5.74) is 2.29. The van der Waals surface area contributed by atoms with Gasteiger partial charge >= 0.3 is 0 Å². The van der Waals surface area contributed by atoms with Gasteiger partial charge in [0.25, 0.3) is 0 Å². The van der Waals surface area contributed by atoms with Crippen LogP contribution in [0.3, 0.4) is 0 Å². The van der Waals surface area contributed by atoms with Crippen LogP contribution in [0.1, 0.15) is 17.9 Å². The Balaban J connectivity index is 1.24. The molecule has 1 amide bonds. The SMILES string of the molecule is O=C(CCc1ncc(-c2cccc(Br)c2)o1)N1CCN(Cc2ccccc2)CC1. The molecule has 150 valence electrons. The molecule has 6 heteroatoms. The molecule has 2 aromatic carbocycles. The number of aromatic nitrogens is 1. The van der Waals surface area contributed by atoms with Crippen molar-refractivity contribution in [3.8, 4) is 11.3 Å². The van der Waals surface area contributed by atoms with Crippen molar-refractivity contribution in [3.05, 3.63) is 76.7 Å². The quantitative estimate of drug-likeness (QED) is 0.555. The third-order valence-electron chi connectivity index (χ3n) is 5.19. The van der Waals surface area contributed by atoms with Gasteiger partial charge in [0.05, 0.1) is 6.20 Å². The van der Waals surface area contributed by atoms with Gasteiger partial charge in [-0.2, -0.15) is 0 Å². The minimum absolute atomic E-state index is 0.173. The lowest BCUT2D eigenvalue weighted by atomic mass is 10.2. The number of benzene rings is 2. The average Bonchev–Trinajstić information content (AvgIpc) is 3.22. The topological polar surface area (TPSA) is 49.6 Å². The maximum absolute atomic E-state index is 12.6. The summed E-state index contributed by atoms with van der Waals surface area (Å²) < 4.78 is 6.83. The standard InChI is InChI=1S/C23H24BrN3O2/c24-20-8-4-7-19(15-20)21-16-25-22(29-21)9-10-23(28)27-13-11-26(12-14-27)17-18-5-2-1-3-6-18/h1-8,15-16H,9-14,17H2. The average molecular weight is 454 g/mol. The first-order chi connectivity index (χ1) is 14.2. The molecule has 0 aliphatic carbocycles. The predicted molar refractivity (Wildman–Crippen MR) is 116 cm³/mol. The first-order valence-electron chi connectivity index (χ1n) is 9.92. The normalized spacial score (nSPS) is 14.9. The summed E-state index contributed by atoms with van der Waals surface area (Å²) in [4.78, 5) is 21.3. The Hall–Kier alpha value is -2.44. The van der Waals surface area contributed by atoms with Crippen LogP contribution in [-0.4, -0.2) is 46.9 Å². The van der Waals surface area contributed by atoms with Crippen molar-refractivity contribution in [1.29, 1.82) is 0 Å². The maximum atomic E-state index is 12.6. The summed E-state index contributed by atoms with van der Waals surface area (Å²) in [6, 6.07) is 18.4. The van der Waals surface area contributed by atoms with Crippen molar-refractivity contribution in [1.82, 2.24) is 14.8 Å². The van der Waals surface area contributed by atoms with Gasteiger partial charge < -0.3 is 9.32 Å². The van der Waals surface area contributed by atoms with E-state index in [-0.39, 0.29) is 5.91 Å². The predicted octanol–water partition coefficient (Wildman–Crippen LogP) is 4.38. The largest absolute Gasteiger partial charge is 0.441 e. The second-order valence-electron chi connectivity index (χ2n) is 7.27. The number of hydrogen-bond acceptors (Lipinski definition) is 4. The summed E-state index contributed by atoms with van der Waals surface area (Å²) in [5.74, 6) is 1.51. The molecule has 0 N–H and O–H groups in total. The first kappa shape index (κ1) is 19.9. The Morgan fingerprint density at radius 3 is 2.59 bits per heavy atom. The van der Waals surface area contributed by atoms with Gasteiger partial charge in [0, 0.05) is 55.6 Å². The van der Waals surface area contributed by atoms with E-state index in [1.165, 1.54) is 5.56 Å². The van der Waals surface area contributed by atoms with Crippen LogP contribution >= 0.6 is 15.9 Å². The number of oxazole rings is 1. The highest BCUT2D eigenvalue weighted by Gasteiger charge is 2.21. The third kappa shape index (κ3) is 5.34. The van der Waals surface area contributed by atoms with Gasteiger partial charge in [0.2, 0.25) is 5.91 Å². The van der Waals surface area contributed by atoms with Gasteiger partial charge in [-0.3, -0.25) is 9.69 Å². The number of carbonyl (C=O) groups is 1. The lowest BCUT2D eigenvalue weighted by molar-refractivity contribution is -0.133. The molecule has 0 unspecified atom stereocenters. The van der Waals surface area contributed by atoms with E-state index in [9.17, 15) is 4.79 Å². The number of halogens is 1. The first-order valence-corrected chi connectivity index (χ1v) is 10.7. The molecule has 4 rings (SSSR count). The minimum Gasteiger partial charge on any atom is -0.441 e. The van der Waals surface area contributed by atoms with E-state index in [0.29, 0.717) is 18.7 Å². The number of aryl methyl sites for hydroxylation is 1. The van der Waals surface area contributed by atoms with Crippen molar-refractivity contribution < 1.29 is 9.21 Å². The van der Waals surface area contributed by atoms with E-state index in [0.717, 1.165) is 48.5 Å². The molecule has 0 atom stereocenters. The third-order valence-corrected chi connectivity index (χ3v) is 5.68. The fourth-order valence-electron chi connectivity index (χ4n) is 3.57. The van der Waals surface area contributed by atoms with E-state index in [1.54, 1.807) is 6.20 Å². The maximum Gasteiger partial charge on any atom is 0.223 e. The van der Waals surface area contributed by atoms with Gasteiger partial charge in [-0.05, 0) is 17.7 Å². The fraction of sp³-hybridized carbons (Fsp3) is 0.304. The molecule has 1 aliphatic rings. The van der Waals surface area contributed by atoms with Crippen LogP contribution in [0.5, 0.6) is 0 Å². The Bertz CT molecular complexity index is 950. The Morgan fingerprint density at radius 1 is 1.03 bits per heavy atom. The van der Waals surface area contributed by atoms with Crippen LogP contribution in [-0.2, 0) is 17.8 Å². The van der Waals surface area contributed by atoms with Crippen LogP contribution < -0.4 is 0 Å². The Labute approximate surface area is 179 Å². The number of rotatable bonds is 6. The van der Waals surface area contributed by atoms with Crippen LogP contribution in [0.4, 0.5) is 0 Å². The van der Waals surface area contributed by atoms with Crippen molar-refractivity contribution in [3.63, 3.8) is 0 Å². The van der Waals surface area contributed by atoms with Crippen LogP contribution in [0.2, 0.25) is 0 Å². The zero-order chi connectivity index (χ0) is 20.1. The molecule has 0 radical (unpaired) electrons. The monoisotopic (exact) mass is 453 g/mol. The molecule has 29 heavy (non-hydrogen) atoms. The van der Waals surface area contributed by atoms with E-state index in [1.807, 2.05) is 35.2 Å². The highest BCUT2D eigenvalue weighted by molar-refractivity contribution is 9.10. The number of carbonyl (C=O) groups excluding carboxylic acids is 1. The van der Waals surface area contributed by atoms with Crippen LogP contribution in [0.25, 0.3) is 11.3 Å². The smallest absolute Gasteiger partial charge is 0.223 e. The molecular weight excluding hydrogens is 430 g/mol. The van der Waals surface area contributed by atoms with Gasteiger partial charge in [-0.25, -0.2) is 4.98 Å². The highest BCUT2D eigenvalue weighted by atomic mass is 79.9. The van der Waals surface area contributed by atoms with Crippen molar-refractivity contribution >= 4 is 21.8 Å². The van der Waals surface area contributed by atoms with Crippen molar-refractivity contribution in [2.24, 2.45) is 0 Å². The minimum atomic E-state index is 0.173. The van der Waals surface area contributed by atoms with Crippen molar-refractivity contribution in [2.45, 2.75) is 19.4 Å². The Kier molecular flexibility index (Phi) is 6.42. The van der Waals surface area contributed by atoms with E-state index in [2.05, 4.69) is 50.1 Å². The molecule has 1 aliphatic heterocycles. The number of piperazine rings is 1. The lowest BCUT2D eigenvalue weighted by Gasteiger charge is -2.34. The molecule has 1 saturated heterocycles. The van der Waals surface area contributed by atoms with Gasteiger partial charge in [0.15, 0.2) is 11.7 Å². The molecule has 2 heterocycles. The molecule has 0 spiro atoms. The summed E-state index contributed by atoms with van der Waals surface area (Å²) >= 11 is 3.47. The molecule has 5 nitrogen and oxygen atoms in total. The van der Waals surface area contributed by atoms with Gasteiger partial charge in [-0.1, -0.05) is 58.4 Å². The summed E-state index contributed by atoms with van der Waals surface area (Å²) in [6.45, 7) is 4.32. The fourth-order valence-corrected chi connectivity index (χ4v) is 3.97. The molecule has 0 saturated carbocycles. The zero-order valence-electron chi connectivity index (χ0n) is 16.3. The number of nitrogens with zero attached hydrogens (tertiary/aromatic N) is 3. The molecular formula is C23H24BrN3O2. The molecule has 1 aromatic heterocycles. The Morgan fingerprint density at radius 2 is 1.83 bits per heavy atom. The molecule has 3 aromatic rings. The summed E-state index contributed by atoms with van der Waals surface area (Å²) in [6.07, 6.45) is 2.68. The van der Waals surface area contributed by atoms with Crippen molar-refractivity contribution in [2.75, 3.05) is 26.2 Å². The highest BCUT2D eigenvalue weighted by Crippen LogP contribution is 2.24. The second-order valence-corrected chi connectivity index (χ2v) is 8.19. The van der Waals surface area contributed by atoms with E-state index < -0.39 is 0 Å². The number of hydrogen-bond donors (Lipinski definition) is 0. The van der Waals surface area contributed by atoms with E-state index in [4.69, 9.17) is 4.42 Å². The summed E-state index contributed by atoms with van der Waals surface area (Å²) in [7, 11) is 0. The summed E-state index contributed by atoms with van der Waals surface area (Å²) in [5, 5.41) is 0. The van der Waals surface area contributed by atoms with Crippen LogP contribution in [0, 0.1) is 0 Å². The van der Waals surface area contributed by atoms with Crippen LogP contribution in [0.15, 0.2) is 69.7 Å². The second kappa shape index (κ2) is 9.37. The van der Waals surface area contributed by atoms with Gasteiger partial charge in [0.1, 0.15) is 0 Å². The molecule has 0 bridgehead atoms. The lowest BCUT2D eigenvalue weighted by Crippen LogP contribution is -2.48.